The largest absolute Gasteiger partial charge is 0.507 e. The smallest absolute Gasteiger partial charge is 0.228 e. The normalized spacial score (nSPS) is 10.2. The number of phenols is 1. The first-order valence-corrected chi connectivity index (χ1v) is 6.72. The predicted octanol–water partition coefficient (Wildman–Crippen LogP) is 3.43. The van der Waals surface area contributed by atoms with E-state index >= 15 is 0 Å². The Labute approximate surface area is 127 Å². The van der Waals surface area contributed by atoms with Gasteiger partial charge in [-0.3, -0.25) is 9.59 Å². The minimum atomic E-state index is -0.269. The van der Waals surface area contributed by atoms with E-state index in [9.17, 15) is 14.7 Å². The molecule has 0 radical (unpaired) electrons. The van der Waals surface area contributed by atoms with E-state index in [1.165, 1.54) is 25.1 Å². The molecule has 0 aromatic heterocycles. The van der Waals surface area contributed by atoms with Crippen LogP contribution in [0.25, 0.3) is 0 Å². The van der Waals surface area contributed by atoms with E-state index in [1.807, 2.05) is 6.07 Å². The minimum absolute atomic E-state index is 0.105. The Morgan fingerprint density at radius 3 is 2.57 bits per heavy atom. The number of carbonyl (C=O) groups excluding carboxylic acids is 2. The lowest BCUT2D eigenvalue weighted by molar-refractivity contribution is -0.115. The molecule has 0 aliphatic carbocycles. The lowest BCUT2D eigenvalue weighted by atomic mass is 10.1. The van der Waals surface area contributed by atoms with Crippen LogP contribution < -0.4 is 5.32 Å². The van der Waals surface area contributed by atoms with Crippen LogP contribution in [-0.4, -0.2) is 16.8 Å². The maximum atomic E-state index is 12.0. The molecule has 0 unspecified atom stereocenters. The van der Waals surface area contributed by atoms with E-state index in [1.54, 1.807) is 18.2 Å². The van der Waals surface area contributed by atoms with Gasteiger partial charge in [-0.1, -0.05) is 29.8 Å². The highest BCUT2D eigenvalue weighted by Gasteiger charge is 2.10. The number of hydrogen-bond acceptors (Lipinski definition) is 3. The number of ketones is 1. The molecule has 4 nitrogen and oxygen atoms in total. The average molecular weight is 304 g/mol. The van der Waals surface area contributed by atoms with Gasteiger partial charge in [0.1, 0.15) is 5.75 Å². The summed E-state index contributed by atoms with van der Waals surface area (Å²) in [6.45, 7) is 1.35. The fourth-order valence-corrected chi connectivity index (χ4v) is 2.12. The van der Waals surface area contributed by atoms with E-state index in [-0.39, 0.29) is 29.4 Å². The van der Waals surface area contributed by atoms with Crippen LogP contribution in [0.2, 0.25) is 5.02 Å². The summed E-state index contributed by atoms with van der Waals surface area (Å²) in [5, 5.41) is 12.8. The third-order valence-corrected chi connectivity index (χ3v) is 3.34. The average Bonchev–Trinajstić information content (AvgIpc) is 2.43. The second-order valence-corrected chi connectivity index (χ2v) is 5.01. The molecule has 108 valence electrons. The molecule has 0 aliphatic heterocycles. The van der Waals surface area contributed by atoms with Crippen molar-refractivity contribution in [2.75, 3.05) is 5.32 Å². The maximum Gasteiger partial charge on any atom is 0.228 e. The van der Waals surface area contributed by atoms with Gasteiger partial charge in [-0.05, 0) is 36.8 Å². The zero-order valence-electron chi connectivity index (χ0n) is 11.4. The molecule has 0 bridgehead atoms. The number of carbonyl (C=O) groups is 2. The van der Waals surface area contributed by atoms with Crippen LogP contribution >= 0.6 is 11.6 Å². The van der Waals surface area contributed by atoms with Gasteiger partial charge >= 0.3 is 0 Å². The van der Waals surface area contributed by atoms with Gasteiger partial charge in [0.15, 0.2) is 5.78 Å². The highest BCUT2D eigenvalue weighted by molar-refractivity contribution is 6.31. The molecule has 0 aliphatic rings. The number of halogens is 1. The van der Waals surface area contributed by atoms with E-state index in [4.69, 9.17) is 11.6 Å². The number of hydrogen-bond donors (Lipinski definition) is 2. The van der Waals surface area contributed by atoms with Crippen molar-refractivity contribution in [3.63, 3.8) is 0 Å². The number of Topliss-reactive ketones (excluding diaryl/α,β-unsaturated/α-hetero) is 1. The van der Waals surface area contributed by atoms with Crippen LogP contribution in [0.3, 0.4) is 0 Å². The Bertz CT molecular complexity index is 698. The molecule has 2 N–H and O–H groups in total. The van der Waals surface area contributed by atoms with Crippen LogP contribution in [0.4, 0.5) is 5.69 Å². The molecule has 0 atom stereocenters. The second kappa shape index (κ2) is 6.41. The maximum absolute atomic E-state index is 12.0. The minimum Gasteiger partial charge on any atom is -0.507 e. The summed E-state index contributed by atoms with van der Waals surface area (Å²) in [6, 6.07) is 11.5. The molecular weight excluding hydrogens is 290 g/mol. The zero-order valence-corrected chi connectivity index (χ0v) is 12.1. The van der Waals surface area contributed by atoms with E-state index in [2.05, 4.69) is 5.32 Å². The summed E-state index contributed by atoms with van der Waals surface area (Å²) in [5.74, 6) is -0.621. The second-order valence-electron chi connectivity index (χ2n) is 4.60. The fourth-order valence-electron chi connectivity index (χ4n) is 1.92. The number of rotatable bonds is 4. The molecule has 2 rings (SSSR count). The summed E-state index contributed by atoms with van der Waals surface area (Å²) in [5.41, 5.74) is 1.35. The third-order valence-electron chi connectivity index (χ3n) is 2.97. The summed E-state index contributed by atoms with van der Waals surface area (Å²) in [4.78, 5) is 23.3. The highest BCUT2D eigenvalue weighted by Crippen LogP contribution is 2.22. The summed E-state index contributed by atoms with van der Waals surface area (Å²) in [6.07, 6.45) is 0.135. The van der Waals surface area contributed by atoms with Crippen molar-refractivity contribution < 1.29 is 14.7 Å². The van der Waals surface area contributed by atoms with Gasteiger partial charge in [0.2, 0.25) is 5.91 Å². The standard InChI is InChI=1S/C16H14ClNO3/c1-10(19)13-9-12(6-7-15(13)20)18-16(21)8-11-4-2-3-5-14(11)17/h2-7,9,20H,8H2,1H3,(H,18,21). The molecule has 0 fully saturated rings. The molecule has 0 spiro atoms. The van der Waals surface area contributed by atoms with E-state index in [0.29, 0.717) is 10.7 Å². The van der Waals surface area contributed by atoms with E-state index < -0.39 is 0 Å². The molecular formula is C16H14ClNO3. The third kappa shape index (κ3) is 3.83. The zero-order chi connectivity index (χ0) is 15.4. The molecule has 0 saturated carbocycles. The van der Waals surface area contributed by atoms with Gasteiger partial charge in [-0.2, -0.15) is 0 Å². The number of aromatic hydroxyl groups is 1. The SMILES string of the molecule is CC(=O)c1cc(NC(=O)Cc2ccccc2Cl)ccc1O. The Morgan fingerprint density at radius 1 is 1.19 bits per heavy atom. The van der Waals surface area contributed by atoms with Crippen molar-refractivity contribution in [3.8, 4) is 5.75 Å². The lowest BCUT2D eigenvalue weighted by Gasteiger charge is -2.08. The lowest BCUT2D eigenvalue weighted by Crippen LogP contribution is -2.15. The first kappa shape index (κ1) is 15.1. The molecule has 21 heavy (non-hydrogen) atoms. The Balaban J connectivity index is 2.12. The van der Waals surface area contributed by atoms with Gasteiger partial charge in [0, 0.05) is 10.7 Å². The Kier molecular flexibility index (Phi) is 4.60. The van der Waals surface area contributed by atoms with Crippen molar-refractivity contribution in [2.24, 2.45) is 0 Å². The quantitative estimate of drug-likeness (QED) is 0.672. The van der Waals surface area contributed by atoms with Crippen LogP contribution in [0.5, 0.6) is 5.75 Å². The first-order chi connectivity index (χ1) is 9.97. The summed E-state index contributed by atoms with van der Waals surface area (Å²) in [7, 11) is 0. The topological polar surface area (TPSA) is 66.4 Å². The van der Waals surface area contributed by atoms with Crippen LogP contribution in [0, 0.1) is 0 Å². The molecule has 0 saturated heterocycles. The number of nitrogens with one attached hydrogen (secondary N) is 1. The Hall–Kier alpha value is -2.33. The number of phenolic OH excluding ortho intramolecular Hbond substituents is 1. The van der Waals surface area contributed by atoms with Gasteiger partial charge in [-0.15, -0.1) is 0 Å². The monoisotopic (exact) mass is 303 g/mol. The van der Waals surface area contributed by atoms with Crippen LogP contribution in [0.1, 0.15) is 22.8 Å². The van der Waals surface area contributed by atoms with Crippen LogP contribution in [0.15, 0.2) is 42.5 Å². The number of benzene rings is 2. The Morgan fingerprint density at radius 2 is 1.90 bits per heavy atom. The molecule has 1 amide bonds. The molecule has 5 heteroatoms. The van der Waals surface area contributed by atoms with Crippen molar-refractivity contribution >= 4 is 29.0 Å². The van der Waals surface area contributed by atoms with Crippen molar-refractivity contribution in [3.05, 3.63) is 58.6 Å². The summed E-state index contributed by atoms with van der Waals surface area (Å²) < 4.78 is 0. The summed E-state index contributed by atoms with van der Waals surface area (Å²) >= 11 is 6.00. The van der Waals surface area contributed by atoms with Crippen molar-refractivity contribution in [2.45, 2.75) is 13.3 Å². The van der Waals surface area contributed by atoms with Crippen molar-refractivity contribution in [1.82, 2.24) is 0 Å². The number of anilines is 1. The van der Waals surface area contributed by atoms with Gasteiger partial charge < -0.3 is 10.4 Å². The number of amides is 1. The fraction of sp³-hybridized carbons (Fsp3) is 0.125. The molecule has 2 aromatic carbocycles. The predicted molar refractivity (Wildman–Crippen MR) is 81.9 cm³/mol. The van der Waals surface area contributed by atoms with Gasteiger partial charge in [-0.25, -0.2) is 0 Å². The van der Waals surface area contributed by atoms with Crippen molar-refractivity contribution in [1.29, 1.82) is 0 Å². The van der Waals surface area contributed by atoms with Crippen LogP contribution in [-0.2, 0) is 11.2 Å². The molecule has 0 heterocycles. The highest BCUT2D eigenvalue weighted by atomic mass is 35.5. The van der Waals surface area contributed by atoms with Gasteiger partial charge in [0.25, 0.3) is 0 Å². The van der Waals surface area contributed by atoms with E-state index in [0.717, 1.165) is 5.56 Å². The van der Waals surface area contributed by atoms with Gasteiger partial charge in [0.05, 0.1) is 12.0 Å². The molecule has 2 aromatic rings. The first-order valence-electron chi connectivity index (χ1n) is 6.34.